The second kappa shape index (κ2) is 7.37. The summed E-state index contributed by atoms with van der Waals surface area (Å²) in [5, 5.41) is 8.30. The van der Waals surface area contributed by atoms with E-state index in [0.29, 0.717) is 17.1 Å². The Labute approximate surface area is 186 Å². The molecule has 8 nitrogen and oxygen atoms in total. The molecule has 0 radical (unpaired) electrons. The molecule has 0 aromatic carbocycles. The van der Waals surface area contributed by atoms with Crippen LogP contribution in [0.15, 0.2) is 6.07 Å². The number of carbonyl (C=O) groups is 1. The van der Waals surface area contributed by atoms with Crippen LogP contribution in [0.1, 0.15) is 65.7 Å². The van der Waals surface area contributed by atoms with Crippen LogP contribution < -0.4 is 5.32 Å². The molecule has 0 bridgehead atoms. The lowest BCUT2D eigenvalue weighted by molar-refractivity contribution is 0.102. The van der Waals surface area contributed by atoms with Crippen molar-refractivity contribution in [2.75, 3.05) is 16.8 Å². The Morgan fingerprint density at radius 2 is 1.94 bits per heavy atom. The summed E-state index contributed by atoms with van der Waals surface area (Å²) in [6.45, 7) is 11.9. The lowest BCUT2D eigenvalue weighted by Crippen LogP contribution is -2.19. The zero-order valence-electron chi connectivity index (χ0n) is 18.6. The van der Waals surface area contributed by atoms with E-state index in [1.54, 1.807) is 10.7 Å². The summed E-state index contributed by atoms with van der Waals surface area (Å²) in [7, 11) is -3.06. The Bertz CT molecular complexity index is 1300. The van der Waals surface area contributed by atoms with Crippen molar-refractivity contribution in [3.63, 3.8) is 0 Å². The number of anilines is 1. The monoisotopic (exact) mass is 461 g/mol. The lowest BCUT2D eigenvalue weighted by atomic mass is 9.95. The van der Waals surface area contributed by atoms with E-state index in [-0.39, 0.29) is 28.9 Å². The molecule has 1 fully saturated rings. The van der Waals surface area contributed by atoms with Gasteiger partial charge in [0, 0.05) is 16.9 Å². The van der Waals surface area contributed by atoms with E-state index >= 15 is 0 Å². The maximum Gasteiger partial charge on any atom is 0.267 e. The molecule has 31 heavy (non-hydrogen) atoms. The van der Waals surface area contributed by atoms with Crippen molar-refractivity contribution in [3.8, 4) is 0 Å². The SMILES string of the molecule is Cc1cc(NC(=O)c2sc3nc(C(C)(C)C)nc(C)c3c2C)n([C@H]2CCS(=O)(=O)C2)n1. The summed E-state index contributed by atoms with van der Waals surface area (Å²) >= 11 is 1.35. The van der Waals surface area contributed by atoms with Gasteiger partial charge in [-0.3, -0.25) is 4.79 Å². The zero-order valence-corrected chi connectivity index (χ0v) is 20.2. The maximum atomic E-state index is 13.2. The molecule has 1 atom stereocenters. The number of rotatable bonds is 3. The van der Waals surface area contributed by atoms with Gasteiger partial charge in [-0.05, 0) is 32.8 Å². The molecule has 1 amide bonds. The Kier molecular flexibility index (Phi) is 5.20. The van der Waals surface area contributed by atoms with E-state index in [2.05, 4.69) is 36.2 Å². The van der Waals surface area contributed by atoms with Gasteiger partial charge >= 0.3 is 0 Å². The summed E-state index contributed by atoms with van der Waals surface area (Å²) in [6.07, 6.45) is 0.499. The first-order valence-electron chi connectivity index (χ1n) is 10.2. The zero-order chi connectivity index (χ0) is 22.7. The molecule has 0 aliphatic carbocycles. The normalized spacial score (nSPS) is 18.6. The smallest absolute Gasteiger partial charge is 0.267 e. The van der Waals surface area contributed by atoms with Crippen molar-refractivity contribution >= 4 is 43.1 Å². The molecule has 0 spiro atoms. The van der Waals surface area contributed by atoms with E-state index in [1.165, 1.54) is 11.3 Å². The molecule has 1 aliphatic heterocycles. The van der Waals surface area contributed by atoms with Gasteiger partial charge in [-0.25, -0.2) is 23.1 Å². The number of amides is 1. The van der Waals surface area contributed by atoms with Gasteiger partial charge in [0.05, 0.1) is 33.8 Å². The fraction of sp³-hybridized carbons (Fsp3) is 0.524. The second-order valence-corrected chi connectivity index (χ2v) is 12.5. The Morgan fingerprint density at radius 3 is 2.55 bits per heavy atom. The van der Waals surface area contributed by atoms with Crippen LogP contribution in [0.2, 0.25) is 0 Å². The molecule has 0 unspecified atom stereocenters. The number of aryl methyl sites for hydroxylation is 3. The van der Waals surface area contributed by atoms with E-state index in [0.717, 1.165) is 33.0 Å². The number of thiophene rings is 1. The van der Waals surface area contributed by atoms with Crippen molar-refractivity contribution in [1.82, 2.24) is 19.7 Å². The van der Waals surface area contributed by atoms with Crippen LogP contribution in [-0.4, -0.2) is 45.6 Å². The lowest BCUT2D eigenvalue weighted by Gasteiger charge is -2.16. The standard InChI is InChI=1S/C21H27N5O3S2/c1-11-9-15(26(25-11)14-7-8-31(28,29)10-14)23-18(27)17-12(2)16-13(3)22-20(21(4,5)6)24-19(16)30-17/h9,14H,7-8,10H2,1-6H3,(H,23,27)/t14-/m0/s1. The van der Waals surface area contributed by atoms with E-state index in [9.17, 15) is 13.2 Å². The highest BCUT2D eigenvalue weighted by atomic mass is 32.2. The summed E-state index contributed by atoms with van der Waals surface area (Å²) in [5.74, 6) is 1.21. The molecule has 166 valence electrons. The molecule has 4 heterocycles. The minimum Gasteiger partial charge on any atom is -0.306 e. The quantitative estimate of drug-likeness (QED) is 0.637. The van der Waals surface area contributed by atoms with Crippen molar-refractivity contribution < 1.29 is 13.2 Å². The summed E-state index contributed by atoms with van der Waals surface area (Å²) in [4.78, 5) is 24.0. The third-order valence-electron chi connectivity index (χ3n) is 5.50. The van der Waals surface area contributed by atoms with E-state index in [4.69, 9.17) is 4.98 Å². The first-order chi connectivity index (χ1) is 14.4. The Balaban J connectivity index is 1.69. The third-order valence-corrected chi connectivity index (χ3v) is 8.44. The molecule has 4 rings (SSSR count). The number of hydrogen-bond donors (Lipinski definition) is 1. The second-order valence-electron chi connectivity index (χ2n) is 9.25. The van der Waals surface area contributed by atoms with Crippen molar-refractivity contribution in [2.45, 2.75) is 59.4 Å². The maximum absolute atomic E-state index is 13.2. The molecular weight excluding hydrogens is 434 g/mol. The van der Waals surface area contributed by atoms with Crippen LogP contribution in [0.25, 0.3) is 10.2 Å². The van der Waals surface area contributed by atoms with Gasteiger partial charge in [-0.1, -0.05) is 20.8 Å². The predicted octanol–water partition coefficient (Wildman–Crippen LogP) is 3.72. The topological polar surface area (TPSA) is 107 Å². The molecular formula is C21H27N5O3S2. The van der Waals surface area contributed by atoms with Crippen molar-refractivity contribution in [1.29, 1.82) is 0 Å². The van der Waals surface area contributed by atoms with Gasteiger partial charge in [0.25, 0.3) is 5.91 Å². The van der Waals surface area contributed by atoms with Gasteiger partial charge in [-0.15, -0.1) is 11.3 Å². The number of carbonyl (C=O) groups excluding carboxylic acids is 1. The average molecular weight is 462 g/mol. The number of nitrogens with zero attached hydrogens (tertiary/aromatic N) is 4. The Hall–Kier alpha value is -2.33. The minimum atomic E-state index is -3.06. The summed E-state index contributed by atoms with van der Waals surface area (Å²) in [6, 6.07) is 1.51. The number of sulfone groups is 1. The number of nitrogens with one attached hydrogen (secondary N) is 1. The van der Waals surface area contributed by atoms with Crippen LogP contribution >= 0.6 is 11.3 Å². The number of hydrogen-bond acceptors (Lipinski definition) is 7. The molecule has 1 N–H and O–H groups in total. The van der Waals surface area contributed by atoms with Crippen LogP contribution in [-0.2, 0) is 15.3 Å². The van der Waals surface area contributed by atoms with Crippen molar-refractivity contribution in [2.24, 2.45) is 0 Å². The van der Waals surface area contributed by atoms with E-state index in [1.807, 2.05) is 20.8 Å². The van der Waals surface area contributed by atoms with Crippen LogP contribution in [0, 0.1) is 20.8 Å². The highest BCUT2D eigenvalue weighted by molar-refractivity contribution is 7.91. The number of aromatic nitrogens is 4. The fourth-order valence-corrected chi connectivity index (χ4v) is 6.74. The fourth-order valence-electron chi connectivity index (χ4n) is 3.92. The minimum absolute atomic E-state index is 0.0449. The third kappa shape index (κ3) is 4.10. The van der Waals surface area contributed by atoms with Gasteiger partial charge in [-0.2, -0.15) is 5.10 Å². The molecule has 10 heteroatoms. The van der Waals surface area contributed by atoms with Crippen LogP contribution in [0.4, 0.5) is 5.82 Å². The number of fused-ring (bicyclic) bond motifs is 1. The highest BCUT2D eigenvalue weighted by Crippen LogP contribution is 2.34. The first-order valence-corrected chi connectivity index (χ1v) is 12.9. The molecule has 1 saturated heterocycles. The van der Waals surface area contributed by atoms with Gasteiger partial charge in [0.15, 0.2) is 9.84 Å². The van der Waals surface area contributed by atoms with Gasteiger partial charge < -0.3 is 5.32 Å². The van der Waals surface area contributed by atoms with Crippen LogP contribution in [0.5, 0.6) is 0 Å². The predicted molar refractivity (Wildman–Crippen MR) is 123 cm³/mol. The van der Waals surface area contributed by atoms with Gasteiger partial charge in [0.1, 0.15) is 16.5 Å². The van der Waals surface area contributed by atoms with Crippen LogP contribution in [0.3, 0.4) is 0 Å². The average Bonchev–Trinajstić information content (AvgIpc) is 3.29. The highest BCUT2D eigenvalue weighted by Gasteiger charge is 2.32. The first kappa shape index (κ1) is 21.9. The molecule has 0 saturated carbocycles. The van der Waals surface area contributed by atoms with Crippen molar-refractivity contribution in [3.05, 3.63) is 33.7 Å². The molecule has 3 aromatic rings. The molecule has 3 aromatic heterocycles. The Morgan fingerprint density at radius 1 is 1.23 bits per heavy atom. The largest absolute Gasteiger partial charge is 0.306 e. The summed E-state index contributed by atoms with van der Waals surface area (Å²) < 4.78 is 25.5. The van der Waals surface area contributed by atoms with Gasteiger partial charge in [0.2, 0.25) is 0 Å². The summed E-state index contributed by atoms with van der Waals surface area (Å²) in [5.41, 5.74) is 2.25. The van der Waals surface area contributed by atoms with E-state index < -0.39 is 9.84 Å². The molecule has 1 aliphatic rings.